The van der Waals surface area contributed by atoms with Crippen LogP contribution in [0.2, 0.25) is 0 Å². The van der Waals surface area contributed by atoms with Crippen molar-refractivity contribution >= 4 is 5.97 Å². The first-order chi connectivity index (χ1) is 6.78. The molecule has 0 heterocycles. The number of aryl methyl sites for hydroxylation is 1. The van der Waals surface area contributed by atoms with E-state index in [1.807, 2.05) is 0 Å². The van der Waals surface area contributed by atoms with Gasteiger partial charge >= 0.3 is 11.9 Å². The zero-order valence-electron chi connectivity index (χ0n) is 7.52. The van der Waals surface area contributed by atoms with Gasteiger partial charge in [-0.15, -0.1) is 0 Å². The first kappa shape index (κ1) is 11.5. The Labute approximate surface area is 82.1 Å². The first-order valence-electron chi connectivity index (χ1n) is 3.84. The van der Waals surface area contributed by atoms with Crippen molar-refractivity contribution in [2.45, 2.75) is 12.8 Å². The minimum Gasteiger partial charge on any atom is -0.477 e. The Hall–Kier alpha value is -1.59. The highest BCUT2D eigenvalue weighted by Crippen LogP contribution is 2.33. The van der Waals surface area contributed by atoms with E-state index in [1.165, 1.54) is 0 Å². The topological polar surface area (TPSA) is 37.3 Å². The zero-order chi connectivity index (χ0) is 11.8. The van der Waals surface area contributed by atoms with Crippen LogP contribution in [0.15, 0.2) is 12.1 Å². The average Bonchev–Trinajstić information content (AvgIpc) is 2.11. The Morgan fingerprint density at radius 2 is 1.87 bits per heavy atom. The molecule has 0 aliphatic rings. The number of hydrogen-bond donors (Lipinski definition) is 1. The molecule has 0 unspecified atom stereocenters. The smallest absolute Gasteiger partial charge is 0.379 e. The number of halogens is 4. The number of rotatable bonds is 2. The average molecular weight is 222 g/mol. The van der Waals surface area contributed by atoms with Crippen LogP contribution in [0.5, 0.6) is 0 Å². The van der Waals surface area contributed by atoms with Gasteiger partial charge in [-0.05, 0) is 18.6 Å². The molecule has 1 rings (SSSR count). The lowest BCUT2D eigenvalue weighted by Gasteiger charge is -2.14. The molecule has 2 nitrogen and oxygen atoms in total. The molecular weight excluding hydrogens is 216 g/mol. The molecule has 0 aromatic heterocycles. The minimum absolute atomic E-state index is 0.243. The molecule has 0 saturated carbocycles. The van der Waals surface area contributed by atoms with Crippen molar-refractivity contribution in [3.05, 3.63) is 34.9 Å². The zero-order valence-corrected chi connectivity index (χ0v) is 7.52. The Balaban J connectivity index is 3.49. The second kappa shape index (κ2) is 3.52. The number of benzene rings is 1. The Morgan fingerprint density at radius 1 is 1.33 bits per heavy atom. The summed E-state index contributed by atoms with van der Waals surface area (Å²) in [7, 11) is 0. The van der Waals surface area contributed by atoms with Crippen molar-refractivity contribution in [2.24, 2.45) is 0 Å². The number of carbonyl (C=O) groups is 1. The molecule has 6 heteroatoms. The van der Waals surface area contributed by atoms with Crippen LogP contribution in [-0.4, -0.2) is 11.1 Å². The summed E-state index contributed by atoms with van der Waals surface area (Å²) < 4.78 is 51.8. The number of alkyl halides is 2. The molecule has 82 valence electrons. The van der Waals surface area contributed by atoms with Gasteiger partial charge in [0.25, 0.3) is 0 Å². The molecule has 1 aromatic carbocycles. The van der Waals surface area contributed by atoms with Gasteiger partial charge in [-0.3, -0.25) is 0 Å². The van der Waals surface area contributed by atoms with Crippen LogP contribution < -0.4 is 0 Å². The standard InChI is InChI=1S/C9H6F4O2/c1-4-2-3-5(10)6(7(4)11)9(12,13)8(14)15/h2-3H,1H3,(H,14,15). The quantitative estimate of drug-likeness (QED) is 0.780. The largest absolute Gasteiger partial charge is 0.477 e. The van der Waals surface area contributed by atoms with Crippen LogP contribution >= 0.6 is 0 Å². The van der Waals surface area contributed by atoms with Gasteiger partial charge in [0.2, 0.25) is 0 Å². The van der Waals surface area contributed by atoms with Crippen molar-refractivity contribution in [2.75, 3.05) is 0 Å². The monoisotopic (exact) mass is 222 g/mol. The van der Waals surface area contributed by atoms with E-state index in [2.05, 4.69) is 0 Å². The molecule has 0 amide bonds. The van der Waals surface area contributed by atoms with E-state index in [4.69, 9.17) is 5.11 Å². The molecule has 0 spiro atoms. The SMILES string of the molecule is Cc1ccc(F)c(C(F)(F)C(=O)O)c1F. The number of aliphatic carboxylic acids is 1. The highest BCUT2D eigenvalue weighted by Gasteiger charge is 2.46. The van der Waals surface area contributed by atoms with Gasteiger partial charge in [0, 0.05) is 0 Å². The van der Waals surface area contributed by atoms with Crippen molar-refractivity contribution in [3.8, 4) is 0 Å². The third-order valence-corrected chi connectivity index (χ3v) is 1.87. The molecule has 1 N–H and O–H groups in total. The summed E-state index contributed by atoms with van der Waals surface area (Å²) in [6, 6.07) is 1.55. The van der Waals surface area contributed by atoms with Crippen LogP contribution in [0, 0.1) is 18.6 Å². The lowest BCUT2D eigenvalue weighted by Crippen LogP contribution is -2.28. The van der Waals surface area contributed by atoms with Crippen molar-refractivity contribution < 1.29 is 27.5 Å². The normalized spacial score (nSPS) is 11.5. The van der Waals surface area contributed by atoms with E-state index in [9.17, 15) is 22.4 Å². The third kappa shape index (κ3) is 1.79. The summed E-state index contributed by atoms with van der Waals surface area (Å²) in [5, 5.41) is 8.15. The van der Waals surface area contributed by atoms with Crippen molar-refractivity contribution in [1.82, 2.24) is 0 Å². The van der Waals surface area contributed by atoms with Gasteiger partial charge in [0.1, 0.15) is 17.2 Å². The highest BCUT2D eigenvalue weighted by molar-refractivity contribution is 5.77. The molecule has 0 saturated heterocycles. The lowest BCUT2D eigenvalue weighted by molar-refractivity contribution is -0.167. The molecule has 0 bridgehead atoms. The fraction of sp³-hybridized carbons (Fsp3) is 0.222. The van der Waals surface area contributed by atoms with Gasteiger partial charge in [0.05, 0.1) is 0 Å². The van der Waals surface area contributed by atoms with E-state index in [-0.39, 0.29) is 5.56 Å². The summed E-state index contributed by atoms with van der Waals surface area (Å²) in [5.41, 5.74) is -1.97. The van der Waals surface area contributed by atoms with Gasteiger partial charge in [0.15, 0.2) is 0 Å². The van der Waals surface area contributed by atoms with Gasteiger partial charge in [-0.1, -0.05) is 6.07 Å². The lowest BCUT2D eigenvalue weighted by atomic mass is 10.0. The number of carboxylic acid groups (broad SMARTS) is 1. The van der Waals surface area contributed by atoms with E-state index in [0.29, 0.717) is 6.07 Å². The predicted molar refractivity (Wildman–Crippen MR) is 42.6 cm³/mol. The summed E-state index contributed by atoms with van der Waals surface area (Å²) >= 11 is 0. The second-order valence-electron chi connectivity index (χ2n) is 2.93. The minimum atomic E-state index is -4.57. The van der Waals surface area contributed by atoms with Gasteiger partial charge in [-0.2, -0.15) is 8.78 Å². The van der Waals surface area contributed by atoms with Gasteiger partial charge < -0.3 is 5.11 Å². The van der Waals surface area contributed by atoms with Crippen molar-refractivity contribution in [3.63, 3.8) is 0 Å². The number of hydrogen-bond acceptors (Lipinski definition) is 1. The van der Waals surface area contributed by atoms with Crippen molar-refractivity contribution in [1.29, 1.82) is 0 Å². The molecule has 0 aliphatic carbocycles. The molecule has 0 fully saturated rings. The summed E-state index contributed by atoms with van der Waals surface area (Å²) in [6.45, 7) is 1.14. The second-order valence-corrected chi connectivity index (χ2v) is 2.93. The maximum Gasteiger partial charge on any atom is 0.379 e. The van der Waals surface area contributed by atoms with Crippen LogP contribution in [0.1, 0.15) is 11.1 Å². The van der Waals surface area contributed by atoms with Gasteiger partial charge in [-0.25, -0.2) is 13.6 Å². The van der Waals surface area contributed by atoms with Crippen LogP contribution in [0.3, 0.4) is 0 Å². The first-order valence-corrected chi connectivity index (χ1v) is 3.84. The maximum atomic E-state index is 13.1. The Bertz CT molecular complexity index is 415. The highest BCUT2D eigenvalue weighted by atomic mass is 19.3. The third-order valence-electron chi connectivity index (χ3n) is 1.87. The summed E-state index contributed by atoms with van der Waals surface area (Å²) in [6.07, 6.45) is 0. The predicted octanol–water partition coefficient (Wildman–Crippen LogP) is 2.45. The fourth-order valence-electron chi connectivity index (χ4n) is 1.05. The van der Waals surface area contributed by atoms with Crippen LogP contribution in [0.4, 0.5) is 17.6 Å². The maximum absolute atomic E-state index is 13.1. The number of carboxylic acids is 1. The van der Waals surface area contributed by atoms with E-state index < -0.39 is 29.1 Å². The Morgan fingerprint density at radius 3 is 2.33 bits per heavy atom. The van der Waals surface area contributed by atoms with E-state index in [1.54, 1.807) is 0 Å². The summed E-state index contributed by atoms with van der Waals surface area (Å²) in [4.78, 5) is 10.2. The van der Waals surface area contributed by atoms with Crippen LogP contribution in [-0.2, 0) is 10.7 Å². The fourth-order valence-corrected chi connectivity index (χ4v) is 1.05. The molecule has 1 aromatic rings. The summed E-state index contributed by atoms with van der Waals surface area (Å²) in [5.74, 6) is -10.3. The molecule has 0 radical (unpaired) electrons. The van der Waals surface area contributed by atoms with E-state index >= 15 is 0 Å². The molecule has 0 atom stereocenters. The Kier molecular flexibility index (Phi) is 2.70. The molecular formula is C9H6F4O2. The van der Waals surface area contributed by atoms with E-state index in [0.717, 1.165) is 13.0 Å². The molecule has 15 heavy (non-hydrogen) atoms. The van der Waals surface area contributed by atoms with Crippen LogP contribution in [0.25, 0.3) is 0 Å². The molecule has 0 aliphatic heterocycles.